The Morgan fingerprint density at radius 1 is 1.33 bits per heavy atom. The number of halogens is 2. The number of nitrogens with two attached hydrogens (primary N) is 1. The molecule has 27 heavy (non-hydrogen) atoms. The first-order valence-electron chi connectivity index (χ1n) is 9.13. The standard InChI is InChI=1S/C20H27N3OS.2ClH/c1-3-17-13-25-19(22-17)16-10-7-11-23(12-16)20(24)14(2)18(21)15-8-5-4-6-9-15;;/h4-6,8-9,13-14,16,18H,3,7,10-12,21H2,1-2H3;2*1H. The molecule has 150 valence electrons. The van der Waals surface area contributed by atoms with Crippen LogP contribution in [-0.2, 0) is 11.2 Å². The monoisotopic (exact) mass is 429 g/mol. The van der Waals surface area contributed by atoms with E-state index >= 15 is 0 Å². The number of thiazole rings is 1. The van der Waals surface area contributed by atoms with E-state index in [9.17, 15) is 4.79 Å². The zero-order valence-corrected chi connectivity index (χ0v) is 18.3. The molecule has 7 heteroatoms. The number of piperidine rings is 1. The largest absolute Gasteiger partial charge is 0.342 e. The number of aryl methyl sites for hydroxylation is 1. The van der Waals surface area contributed by atoms with Gasteiger partial charge in [0, 0.05) is 30.4 Å². The summed E-state index contributed by atoms with van der Waals surface area (Å²) in [5.74, 6) is 0.306. The van der Waals surface area contributed by atoms with Crippen molar-refractivity contribution in [1.29, 1.82) is 0 Å². The molecule has 1 fully saturated rings. The van der Waals surface area contributed by atoms with E-state index in [1.54, 1.807) is 11.3 Å². The molecule has 2 aromatic rings. The lowest BCUT2D eigenvalue weighted by molar-refractivity contribution is -0.137. The maximum atomic E-state index is 13.0. The van der Waals surface area contributed by atoms with E-state index in [1.165, 1.54) is 5.01 Å². The molecule has 1 aliphatic rings. The van der Waals surface area contributed by atoms with Crippen LogP contribution in [0.5, 0.6) is 0 Å². The van der Waals surface area contributed by atoms with Crippen molar-refractivity contribution in [2.45, 2.75) is 45.1 Å². The third-order valence-corrected chi connectivity index (χ3v) is 6.18. The maximum Gasteiger partial charge on any atom is 0.227 e. The summed E-state index contributed by atoms with van der Waals surface area (Å²) in [5.41, 5.74) is 8.53. The van der Waals surface area contributed by atoms with Crippen LogP contribution < -0.4 is 5.73 Å². The highest BCUT2D eigenvalue weighted by molar-refractivity contribution is 7.09. The summed E-state index contributed by atoms with van der Waals surface area (Å²) in [4.78, 5) is 19.7. The van der Waals surface area contributed by atoms with Gasteiger partial charge >= 0.3 is 0 Å². The van der Waals surface area contributed by atoms with E-state index in [1.807, 2.05) is 42.2 Å². The van der Waals surface area contributed by atoms with Crippen LogP contribution in [0.15, 0.2) is 35.7 Å². The normalized spacial score (nSPS) is 18.8. The molecule has 3 rings (SSSR count). The summed E-state index contributed by atoms with van der Waals surface area (Å²) in [6.07, 6.45) is 3.11. The molecule has 1 aromatic heterocycles. The fourth-order valence-electron chi connectivity index (χ4n) is 3.46. The van der Waals surface area contributed by atoms with Crippen LogP contribution in [0.1, 0.15) is 54.9 Å². The molecule has 1 amide bonds. The van der Waals surface area contributed by atoms with E-state index in [0.29, 0.717) is 5.92 Å². The first-order valence-corrected chi connectivity index (χ1v) is 10.0. The second kappa shape index (κ2) is 11.0. The molecule has 4 nitrogen and oxygen atoms in total. The molecule has 0 aliphatic carbocycles. The van der Waals surface area contributed by atoms with Crippen LogP contribution in [0.2, 0.25) is 0 Å². The number of hydrogen-bond acceptors (Lipinski definition) is 4. The summed E-state index contributed by atoms with van der Waals surface area (Å²) in [6, 6.07) is 9.63. The van der Waals surface area contributed by atoms with Gasteiger partial charge < -0.3 is 10.6 Å². The number of aromatic nitrogens is 1. The van der Waals surface area contributed by atoms with Crippen LogP contribution in [0, 0.1) is 5.92 Å². The van der Waals surface area contributed by atoms with E-state index < -0.39 is 0 Å². The molecule has 3 unspecified atom stereocenters. The summed E-state index contributed by atoms with van der Waals surface area (Å²) < 4.78 is 0. The van der Waals surface area contributed by atoms with Crippen molar-refractivity contribution in [3.8, 4) is 0 Å². The van der Waals surface area contributed by atoms with Crippen molar-refractivity contribution >= 4 is 42.1 Å². The van der Waals surface area contributed by atoms with Crippen LogP contribution in [0.3, 0.4) is 0 Å². The number of carbonyl (C=O) groups is 1. The minimum Gasteiger partial charge on any atom is -0.342 e. The number of amides is 1. The van der Waals surface area contributed by atoms with Crippen molar-refractivity contribution in [2.24, 2.45) is 11.7 Å². The average molecular weight is 430 g/mol. The Balaban J connectivity index is 0.00000182. The number of carbonyl (C=O) groups excluding carboxylic acids is 1. The van der Waals surface area contributed by atoms with Crippen molar-refractivity contribution in [1.82, 2.24) is 9.88 Å². The van der Waals surface area contributed by atoms with Gasteiger partial charge in [0.1, 0.15) is 0 Å². The minimum atomic E-state index is -0.263. The predicted molar refractivity (Wildman–Crippen MR) is 117 cm³/mol. The maximum absolute atomic E-state index is 13.0. The van der Waals surface area contributed by atoms with Gasteiger partial charge in [-0.15, -0.1) is 36.2 Å². The molecule has 0 saturated carbocycles. The highest BCUT2D eigenvalue weighted by Gasteiger charge is 2.31. The lowest BCUT2D eigenvalue weighted by atomic mass is 9.92. The number of rotatable bonds is 5. The Hall–Kier alpha value is -1.14. The summed E-state index contributed by atoms with van der Waals surface area (Å²) in [6.45, 7) is 5.67. The average Bonchev–Trinajstić information content (AvgIpc) is 3.16. The topological polar surface area (TPSA) is 59.2 Å². The van der Waals surface area contributed by atoms with Crippen LogP contribution in [0.25, 0.3) is 0 Å². The van der Waals surface area contributed by atoms with Crippen LogP contribution >= 0.6 is 36.2 Å². The second-order valence-electron chi connectivity index (χ2n) is 6.88. The highest BCUT2D eigenvalue weighted by Crippen LogP contribution is 2.31. The Morgan fingerprint density at radius 2 is 2.04 bits per heavy atom. The van der Waals surface area contributed by atoms with E-state index in [2.05, 4.69) is 12.3 Å². The van der Waals surface area contributed by atoms with Gasteiger partial charge in [0.2, 0.25) is 5.91 Å². The van der Waals surface area contributed by atoms with Crippen LogP contribution in [-0.4, -0.2) is 28.9 Å². The SMILES string of the molecule is CCc1csc(C2CCCN(C(=O)C(C)C(N)c3ccccc3)C2)n1.Cl.Cl. The van der Waals surface area contributed by atoms with Gasteiger partial charge in [-0.1, -0.05) is 44.2 Å². The molecule has 0 spiro atoms. The number of nitrogens with zero attached hydrogens (tertiary/aromatic N) is 2. The van der Waals surface area contributed by atoms with Crippen molar-refractivity contribution < 1.29 is 4.79 Å². The fourth-order valence-corrected chi connectivity index (χ4v) is 4.49. The Morgan fingerprint density at radius 3 is 2.67 bits per heavy atom. The molecule has 3 atom stereocenters. The van der Waals surface area contributed by atoms with Crippen molar-refractivity contribution in [3.05, 3.63) is 52.0 Å². The summed E-state index contributed by atoms with van der Waals surface area (Å²) in [5, 5.41) is 3.32. The van der Waals surface area contributed by atoms with Crippen LogP contribution in [0.4, 0.5) is 0 Å². The van der Waals surface area contributed by atoms with E-state index in [-0.39, 0.29) is 42.7 Å². The minimum absolute atomic E-state index is 0. The molecular weight excluding hydrogens is 401 g/mol. The van der Waals surface area contributed by atoms with Gasteiger partial charge in [-0.2, -0.15) is 0 Å². The quantitative estimate of drug-likeness (QED) is 0.755. The van der Waals surface area contributed by atoms with Crippen molar-refractivity contribution in [3.63, 3.8) is 0 Å². The highest BCUT2D eigenvalue weighted by atomic mass is 35.5. The summed E-state index contributed by atoms with van der Waals surface area (Å²) >= 11 is 1.73. The number of hydrogen-bond donors (Lipinski definition) is 1. The van der Waals surface area contributed by atoms with E-state index in [4.69, 9.17) is 10.7 Å². The summed E-state index contributed by atoms with van der Waals surface area (Å²) in [7, 11) is 0. The van der Waals surface area contributed by atoms with Gasteiger partial charge in [-0.3, -0.25) is 4.79 Å². The third kappa shape index (κ3) is 5.67. The Kier molecular flexibility index (Phi) is 9.74. The zero-order valence-electron chi connectivity index (χ0n) is 15.8. The van der Waals surface area contributed by atoms with E-state index in [0.717, 1.165) is 43.6 Å². The molecule has 1 aromatic carbocycles. The molecular formula is C20H29Cl2N3OS. The van der Waals surface area contributed by atoms with Gasteiger partial charge in [0.25, 0.3) is 0 Å². The lowest BCUT2D eigenvalue weighted by Gasteiger charge is -2.34. The van der Waals surface area contributed by atoms with Gasteiger partial charge in [-0.25, -0.2) is 4.98 Å². The Labute approximate surface area is 178 Å². The van der Waals surface area contributed by atoms with Gasteiger partial charge in [0.05, 0.1) is 16.6 Å². The van der Waals surface area contributed by atoms with Gasteiger partial charge in [-0.05, 0) is 24.8 Å². The molecule has 0 bridgehead atoms. The molecule has 1 aliphatic heterocycles. The first kappa shape index (κ1) is 23.9. The smallest absolute Gasteiger partial charge is 0.227 e. The lowest BCUT2D eigenvalue weighted by Crippen LogP contribution is -2.44. The van der Waals surface area contributed by atoms with Gasteiger partial charge in [0.15, 0.2) is 0 Å². The predicted octanol–water partition coefficient (Wildman–Crippen LogP) is 4.59. The molecule has 2 N–H and O–H groups in total. The Bertz CT molecular complexity index is 710. The number of benzene rings is 1. The second-order valence-corrected chi connectivity index (χ2v) is 7.77. The first-order chi connectivity index (χ1) is 12.1. The molecule has 2 heterocycles. The fraction of sp³-hybridized carbons (Fsp3) is 0.500. The molecule has 1 saturated heterocycles. The number of likely N-dealkylation sites (tertiary alicyclic amines) is 1. The zero-order chi connectivity index (χ0) is 17.8. The van der Waals surface area contributed by atoms with Crippen molar-refractivity contribution in [2.75, 3.05) is 13.1 Å². The third-order valence-electron chi connectivity index (χ3n) is 5.13. The molecule has 0 radical (unpaired) electrons.